The number of unbranched alkanes of at least 4 members (excludes halogenated alkanes) is 12. The van der Waals surface area contributed by atoms with E-state index in [0.29, 0.717) is 17.2 Å². The van der Waals surface area contributed by atoms with Gasteiger partial charge in [0.15, 0.2) is 6.10 Å². The van der Waals surface area contributed by atoms with Gasteiger partial charge in [0.25, 0.3) is 11.8 Å². The number of rotatable bonds is 21. The maximum absolute atomic E-state index is 13.1. The summed E-state index contributed by atoms with van der Waals surface area (Å²) in [7, 11) is 0. The third-order valence-corrected chi connectivity index (χ3v) is 9.23. The summed E-state index contributed by atoms with van der Waals surface area (Å²) in [5, 5.41) is 16.6. The average molecular weight is 704 g/mol. The molecular formula is C38H49Cl3N2O4. The Hall–Kier alpha value is -2.93. The Morgan fingerprint density at radius 2 is 1.34 bits per heavy atom. The topological polar surface area (TPSA) is 87.7 Å². The lowest BCUT2D eigenvalue weighted by Gasteiger charge is -2.19. The summed E-state index contributed by atoms with van der Waals surface area (Å²) in [4.78, 5) is 25.8. The standard InChI is InChI=1S/C38H49Cl3N2O4/c1-3-5-6-7-8-9-10-11-12-13-14-15-16-18-27-19-17-20-29(23-27)47-36(4-2)38(46)42-33-26-35(44)34(25-32(33)41)43-37(45)28-21-22-30(39)31(40)24-28/h17,19-26,36,44H,3-16,18H2,1-2H3,(H,42,46)(H,43,45). The Kier molecular flexibility index (Phi) is 17.3. The largest absolute Gasteiger partial charge is 0.506 e. The van der Waals surface area contributed by atoms with Gasteiger partial charge in [-0.15, -0.1) is 0 Å². The fourth-order valence-electron chi connectivity index (χ4n) is 5.41. The molecule has 9 heteroatoms. The minimum Gasteiger partial charge on any atom is -0.506 e. The minimum absolute atomic E-state index is 0.0766. The molecule has 0 fully saturated rings. The second-order valence-electron chi connectivity index (χ2n) is 12.1. The summed E-state index contributed by atoms with van der Waals surface area (Å²) in [6.07, 6.45) is 17.9. The van der Waals surface area contributed by atoms with Gasteiger partial charge in [0, 0.05) is 11.6 Å². The Morgan fingerprint density at radius 3 is 1.96 bits per heavy atom. The molecule has 0 radical (unpaired) electrons. The molecule has 0 aliphatic rings. The van der Waals surface area contributed by atoms with E-state index in [1.807, 2.05) is 25.1 Å². The molecule has 3 rings (SSSR count). The monoisotopic (exact) mass is 702 g/mol. The summed E-state index contributed by atoms with van der Waals surface area (Å²) in [6, 6.07) is 15.0. The van der Waals surface area contributed by atoms with Gasteiger partial charge in [-0.2, -0.15) is 0 Å². The fourth-order valence-corrected chi connectivity index (χ4v) is 5.92. The van der Waals surface area contributed by atoms with Gasteiger partial charge in [0.1, 0.15) is 11.5 Å². The summed E-state index contributed by atoms with van der Waals surface area (Å²) in [6.45, 7) is 4.13. The quantitative estimate of drug-likeness (QED) is 0.0761. The van der Waals surface area contributed by atoms with Crippen LogP contribution in [0.5, 0.6) is 11.5 Å². The zero-order chi connectivity index (χ0) is 34.0. The third-order valence-electron chi connectivity index (χ3n) is 8.18. The zero-order valence-electron chi connectivity index (χ0n) is 27.7. The number of hydrogen-bond donors (Lipinski definition) is 3. The van der Waals surface area contributed by atoms with Crippen LogP contribution in [0.1, 0.15) is 120 Å². The molecule has 6 nitrogen and oxygen atoms in total. The number of anilines is 2. The maximum atomic E-state index is 13.1. The van der Waals surface area contributed by atoms with Crippen molar-refractivity contribution in [1.82, 2.24) is 0 Å². The van der Waals surface area contributed by atoms with Crippen LogP contribution in [0.4, 0.5) is 11.4 Å². The highest BCUT2D eigenvalue weighted by molar-refractivity contribution is 6.42. The molecule has 3 aromatic carbocycles. The van der Waals surface area contributed by atoms with Crippen molar-refractivity contribution in [3.05, 3.63) is 80.8 Å². The van der Waals surface area contributed by atoms with Crippen molar-refractivity contribution in [3.8, 4) is 11.5 Å². The van der Waals surface area contributed by atoms with Crippen LogP contribution in [0, 0.1) is 0 Å². The summed E-state index contributed by atoms with van der Waals surface area (Å²) in [5.41, 5.74) is 1.71. The number of nitrogens with one attached hydrogen (secondary N) is 2. The van der Waals surface area contributed by atoms with E-state index in [1.54, 1.807) is 0 Å². The normalized spacial score (nSPS) is 11.7. The molecular weight excluding hydrogens is 655 g/mol. The number of amides is 2. The fraction of sp³-hybridized carbons (Fsp3) is 0.474. The number of aryl methyl sites for hydroxylation is 1. The smallest absolute Gasteiger partial charge is 0.265 e. The van der Waals surface area contributed by atoms with Crippen LogP contribution in [0.25, 0.3) is 0 Å². The van der Waals surface area contributed by atoms with Gasteiger partial charge in [-0.3, -0.25) is 9.59 Å². The third kappa shape index (κ3) is 13.6. The molecule has 3 aromatic rings. The number of hydrogen-bond acceptors (Lipinski definition) is 4. The summed E-state index contributed by atoms with van der Waals surface area (Å²) >= 11 is 18.4. The molecule has 0 heterocycles. The van der Waals surface area contributed by atoms with Crippen LogP contribution >= 0.6 is 34.8 Å². The highest BCUT2D eigenvalue weighted by atomic mass is 35.5. The van der Waals surface area contributed by atoms with Crippen LogP contribution in [0.15, 0.2) is 54.6 Å². The van der Waals surface area contributed by atoms with Crippen molar-refractivity contribution in [3.63, 3.8) is 0 Å². The van der Waals surface area contributed by atoms with Crippen molar-refractivity contribution in [2.45, 2.75) is 116 Å². The minimum atomic E-state index is -0.770. The lowest BCUT2D eigenvalue weighted by molar-refractivity contribution is -0.122. The molecule has 1 atom stereocenters. The number of carbonyl (C=O) groups excluding carboxylic acids is 2. The van der Waals surface area contributed by atoms with Crippen LogP contribution in [-0.4, -0.2) is 23.0 Å². The highest BCUT2D eigenvalue weighted by Gasteiger charge is 2.21. The van der Waals surface area contributed by atoms with E-state index < -0.39 is 17.9 Å². The molecule has 0 spiro atoms. The van der Waals surface area contributed by atoms with Crippen molar-refractivity contribution in [1.29, 1.82) is 0 Å². The Bertz CT molecular complexity index is 1430. The molecule has 0 saturated heterocycles. The van der Waals surface area contributed by atoms with Gasteiger partial charge in [-0.1, -0.05) is 138 Å². The molecule has 3 N–H and O–H groups in total. The first-order valence-electron chi connectivity index (χ1n) is 17.1. The molecule has 256 valence electrons. The zero-order valence-corrected chi connectivity index (χ0v) is 30.0. The van der Waals surface area contributed by atoms with E-state index in [0.717, 1.165) is 12.8 Å². The molecule has 2 amide bonds. The van der Waals surface area contributed by atoms with Gasteiger partial charge in [0.05, 0.1) is 26.4 Å². The average Bonchev–Trinajstić information content (AvgIpc) is 3.05. The van der Waals surface area contributed by atoms with Gasteiger partial charge in [-0.25, -0.2) is 0 Å². The van der Waals surface area contributed by atoms with Gasteiger partial charge < -0.3 is 20.5 Å². The summed E-state index contributed by atoms with van der Waals surface area (Å²) < 4.78 is 6.08. The van der Waals surface area contributed by atoms with Crippen molar-refractivity contribution in [2.24, 2.45) is 0 Å². The van der Waals surface area contributed by atoms with E-state index in [2.05, 4.69) is 23.6 Å². The number of benzene rings is 3. The number of ether oxygens (including phenoxy) is 1. The van der Waals surface area contributed by atoms with Gasteiger partial charge in [-0.05, 0) is 61.2 Å². The number of carbonyl (C=O) groups is 2. The van der Waals surface area contributed by atoms with Crippen molar-refractivity contribution >= 4 is 58.0 Å². The van der Waals surface area contributed by atoms with Crippen molar-refractivity contribution < 1.29 is 19.4 Å². The predicted molar refractivity (Wildman–Crippen MR) is 197 cm³/mol. The molecule has 0 aliphatic heterocycles. The molecule has 1 unspecified atom stereocenters. The number of halogens is 3. The SMILES string of the molecule is CCCCCCCCCCCCCCCc1cccc(OC(CC)C(=O)Nc2cc(O)c(NC(=O)c3ccc(Cl)c(Cl)c3)cc2Cl)c1. The number of phenols is 1. The van der Waals surface area contributed by atoms with E-state index in [4.69, 9.17) is 39.5 Å². The van der Waals surface area contributed by atoms with Crippen LogP contribution in [-0.2, 0) is 11.2 Å². The van der Waals surface area contributed by atoms with E-state index in [1.165, 1.54) is 113 Å². The highest BCUT2D eigenvalue weighted by Crippen LogP contribution is 2.35. The molecule has 47 heavy (non-hydrogen) atoms. The van der Waals surface area contributed by atoms with E-state index in [9.17, 15) is 14.7 Å². The molecule has 0 bridgehead atoms. The molecule has 0 aliphatic carbocycles. The maximum Gasteiger partial charge on any atom is 0.265 e. The molecule has 0 saturated carbocycles. The predicted octanol–water partition coefficient (Wildman–Crippen LogP) is 12.0. The van der Waals surface area contributed by atoms with Crippen LogP contribution in [0.2, 0.25) is 15.1 Å². The second-order valence-corrected chi connectivity index (χ2v) is 13.3. The van der Waals surface area contributed by atoms with Crippen molar-refractivity contribution in [2.75, 3.05) is 10.6 Å². The first-order valence-corrected chi connectivity index (χ1v) is 18.2. The summed E-state index contributed by atoms with van der Waals surface area (Å²) in [5.74, 6) is -0.549. The number of phenolic OH excluding ortho intramolecular Hbond substituents is 1. The lowest BCUT2D eigenvalue weighted by atomic mass is 10.0. The Labute approximate surface area is 295 Å². The van der Waals surface area contributed by atoms with Crippen LogP contribution < -0.4 is 15.4 Å². The van der Waals surface area contributed by atoms with Gasteiger partial charge in [0.2, 0.25) is 0 Å². The van der Waals surface area contributed by atoms with Crippen LogP contribution in [0.3, 0.4) is 0 Å². The lowest BCUT2D eigenvalue weighted by Crippen LogP contribution is -2.32. The Morgan fingerprint density at radius 1 is 0.702 bits per heavy atom. The van der Waals surface area contributed by atoms with Gasteiger partial charge >= 0.3 is 0 Å². The first kappa shape index (κ1) is 38.5. The van der Waals surface area contributed by atoms with E-state index in [-0.39, 0.29) is 32.7 Å². The number of aromatic hydroxyl groups is 1. The first-order chi connectivity index (χ1) is 22.7. The molecule has 0 aromatic heterocycles. The Balaban J connectivity index is 1.43. The second kappa shape index (κ2) is 21.1. The van der Waals surface area contributed by atoms with E-state index >= 15 is 0 Å².